The molecule has 0 atom stereocenters. The van der Waals surface area contributed by atoms with Crippen LogP contribution in [0.4, 0.5) is 0 Å². The van der Waals surface area contributed by atoms with Gasteiger partial charge in [0.1, 0.15) is 12.8 Å². The monoisotopic (exact) mass is 238 g/mol. The summed E-state index contributed by atoms with van der Waals surface area (Å²) in [6.07, 6.45) is 2.87. The van der Waals surface area contributed by atoms with Crippen LogP contribution in [0.5, 0.6) is 0 Å². The zero-order valence-electron chi connectivity index (χ0n) is 10.7. The van der Waals surface area contributed by atoms with E-state index in [9.17, 15) is 0 Å². The summed E-state index contributed by atoms with van der Waals surface area (Å²) in [5.74, 6) is 0. The van der Waals surface area contributed by atoms with Crippen LogP contribution < -0.4 is 0 Å². The Labute approximate surface area is 108 Å². The van der Waals surface area contributed by atoms with Gasteiger partial charge in [-0.05, 0) is 25.5 Å². The van der Waals surface area contributed by atoms with E-state index in [4.69, 9.17) is 4.84 Å². The van der Waals surface area contributed by atoms with E-state index < -0.39 is 0 Å². The summed E-state index contributed by atoms with van der Waals surface area (Å²) in [5, 5.41) is 3.85. The molecule has 0 spiro atoms. The molecular formula is C16H16NO. The normalized spacial score (nSPS) is 10.8. The number of nitrogens with zero attached hydrogens (tertiary/aromatic N) is 1. The molecule has 2 aromatic rings. The number of hydrogen-bond donors (Lipinski definition) is 0. The first-order valence-electron chi connectivity index (χ1n) is 5.94. The molecule has 0 fully saturated rings. The molecule has 0 unspecified atom stereocenters. The lowest BCUT2D eigenvalue weighted by molar-refractivity contribution is 0.132. The van der Waals surface area contributed by atoms with Crippen molar-refractivity contribution in [2.75, 3.05) is 0 Å². The highest BCUT2D eigenvalue weighted by Gasteiger charge is 1.92. The van der Waals surface area contributed by atoms with Crippen molar-refractivity contribution < 1.29 is 4.84 Å². The Kier molecular flexibility index (Phi) is 4.13. The molecule has 91 valence electrons. The van der Waals surface area contributed by atoms with Crippen molar-refractivity contribution >= 4 is 6.21 Å². The standard InChI is InChI=1S/C16H16NO/c1-13-6-8-15(9-7-13)12-18-17-11-16-5-3-4-14(2)10-16/h3-10H,12H2,1-2H3. The van der Waals surface area contributed by atoms with Crippen LogP contribution in [0.15, 0.2) is 53.7 Å². The van der Waals surface area contributed by atoms with E-state index in [2.05, 4.69) is 30.4 Å². The van der Waals surface area contributed by atoms with E-state index >= 15 is 0 Å². The van der Waals surface area contributed by atoms with E-state index in [1.54, 1.807) is 0 Å². The van der Waals surface area contributed by atoms with Gasteiger partial charge in [0.2, 0.25) is 0 Å². The van der Waals surface area contributed by atoms with Gasteiger partial charge in [-0.15, -0.1) is 0 Å². The number of hydrogen-bond acceptors (Lipinski definition) is 2. The minimum atomic E-state index is 0.471. The summed E-state index contributed by atoms with van der Waals surface area (Å²) in [6.45, 7) is 4.58. The van der Waals surface area contributed by atoms with E-state index in [0.717, 1.165) is 11.1 Å². The lowest BCUT2D eigenvalue weighted by Gasteiger charge is -2.00. The van der Waals surface area contributed by atoms with Crippen LogP contribution in [0, 0.1) is 13.8 Å². The van der Waals surface area contributed by atoms with Gasteiger partial charge in [-0.3, -0.25) is 0 Å². The first-order chi connectivity index (χ1) is 8.74. The predicted molar refractivity (Wildman–Crippen MR) is 73.7 cm³/mol. The third-order valence-corrected chi connectivity index (χ3v) is 2.61. The lowest BCUT2D eigenvalue weighted by Crippen LogP contribution is -1.88. The summed E-state index contributed by atoms with van der Waals surface area (Å²) < 4.78 is 0. The molecule has 0 saturated carbocycles. The van der Waals surface area contributed by atoms with Crippen molar-refractivity contribution in [3.05, 3.63) is 70.8 Å². The fraction of sp³-hybridized carbons (Fsp3) is 0.188. The molecule has 2 heteroatoms. The molecule has 0 aliphatic carbocycles. The zero-order valence-corrected chi connectivity index (χ0v) is 10.7. The molecule has 2 aromatic carbocycles. The predicted octanol–water partition coefficient (Wildman–Crippen LogP) is 3.73. The van der Waals surface area contributed by atoms with E-state index in [1.807, 2.05) is 43.3 Å². The zero-order chi connectivity index (χ0) is 12.8. The third kappa shape index (κ3) is 3.74. The lowest BCUT2D eigenvalue weighted by atomic mass is 10.2. The molecule has 0 aromatic heterocycles. The molecule has 0 saturated heterocycles. The molecule has 18 heavy (non-hydrogen) atoms. The highest BCUT2D eigenvalue weighted by molar-refractivity contribution is 5.79. The van der Waals surface area contributed by atoms with Crippen LogP contribution in [-0.4, -0.2) is 6.21 Å². The van der Waals surface area contributed by atoms with Crippen LogP contribution in [0.25, 0.3) is 0 Å². The van der Waals surface area contributed by atoms with Gasteiger partial charge in [-0.25, -0.2) is 0 Å². The van der Waals surface area contributed by atoms with Gasteiger partial charge in [0.15, 0.2) is 0 Å². The Balaban J connectivity index is 1.87. The largest absolute Gasteiger partial charge is 0.390 e. The summed E-state index contributed by atoms with van der Waals surface area (Å²) >= 11 is 0. The van der Waals surface area contributed by atoms with E-state index in [1.165, 1.54) is 11.1 Å². The molecule has 2 nitrogen and oxygen atoms in total. The minimum absolute atomic E-state index is 0.471. The molecular weight excluding hydrogens is 222 g/mol. The molecule has 0 bridgehead atoms. The smallest absolute Gasteiger partial charge is 0.142 e. The molecule has 0 N–H and O–H groups in total. The quantitative estimate of drug-likeness (QED) is 0.587. The minimum Gasteiger partial charge on any atom is -0.390 e. The maximum Gasteiger partial charge on any atom is 0.142 e. The third-order valence-electron chi connectivity index (χ3n) is 2.61. The van der Waals surface area contributed by atoms with Gasteiger partial charge in [-0.1, -0.05) is 58.7 Å². The Morgan fingerprint density at radius 2 is 1.78 bits per heavy atom. The second-order valence-corrected chi connectivity index (χ2v) is 4.33. The fourth-order valence-electron chi connectivity index (χ4n) is 1.59. The van der Waals surface area contributed by atoms with Crippen molar-refractivity contribution in [1.82, 2.24) is 0 Å². The topological polar surface area (TPSA) is 21.6 Å². The van der Waals surface area contributed by atoms with Gasteiger partial charge in [0.25, 0.3) is 0 Å². The fourth-order valence-corrected chi connectivity index (χ4v) is 1.59. The van der Waals surface area contributed by atoms with Crippen molar-refractivity contribution in [2.45, 2.75) is 20.5 Å². The Morgan fingerprint density at radius 3 is 2.50 bits per heavy atom. The summed E-state index contributed by atoms with van der Waals surface area (Å²) in [4.78, 5) is 5.22. The van der Waals surface area contributed by atoms with E-state index in [0.29, 0.717) is 6.61 Å². The van der Waals surface area contributed by atoms with Gasteiger partial charge >= 0.3 is 0 Å². The SMILES string of the molecule is Cc1ccc(CO/N=[C]\c2cccc(C)c2)cc1. The van der Waals surface area contributed by atoms with Gasteiger partial charge in [0, 0.05) is 5.56 Å². The summed E-state index contributed by atoms with van der Waals surface area (Å²) in [6, 6.07) is 16.2. The first kappa shape index (κ1) is 12.4. The highest BCUT2D eigenvalue weighted by Crippen LogP contribution is 2.05. The molecule has 0 heterocycles. The molecule has 2 rings (SSSR count). The Morgan fingerprint density at radius 1 is 1.00 bits per heavy atom. The average molecular weight is 238 g/mol. The van der Waals surface area contributed by atoms with Crippen LogP contribution in [0.2, 0.25) is 0 Å². The van der Waals surface area contributed by atoms with Crippen molar-refractivity contribution in [3.8, 4) is 0 Å². The average Bonchev–Trinajstić information content (AvgIpc) is 2.37. The van der Waals surface area contributed by atoms with Gasteiger partial charge < -0.3 is 4.84 Å². The first-order valence-corrected chi connectivity index (χ1v) is 5.94. The summed E-state index contributed by atoms with van der Waals surface area (Å²) in [5.41, 5.74) is 4.47. The van der Waals surface area contributed by atoms with Crippen molar-refractivity contribution in [1.29, 1.82) is 0 Å². The van der Waals surface area contributed by atoms with E-state index in [-0.39, 0.29) is 0 Å². The molecule has 0 aliphatic heterocycles. The van der Waals surface area contributed by atoms with Crippen LogP contribution in [0.3, 0.4) is 0 Å². The van der Waals surface area contributed by atoms with Crippen LogP contribution in [-0.2, 0) is 11.4 Å². The van der Waals surface area contributed by atoms with Crippen molar-refractivity contribution in [3.63, 3.8) is 0 Å². The molecule has 1 radical (unpaired) electrons. The Hall–Kier alpha value is -2.09. The second kappa shape index (κ2) is 6.01. The number of benzene rings is 2. The Bertz CT molecular complexity index is 529. The van der Waals surface area contributed by atoms with Crippen LogP contribution in [0.1, 0.15) is 22.3 Å². The maximum absolute atomic E-state index is 5.22. The molecule has 0 aliphatic rings. The van der Waals surface area contributed by atoms with Crippen LogP contribution >= 0.6 is 0 Å². The highest BCUT2D eigenvalue weighted by atomic mass is 16.6. The summed E-state index contributed by atoms with van der Waals surface area (Å²) in [7, 11) is 0. The number of aryl methyl sites for hydroxylation is 2. The van der Waals surface area contributed by atoms with Crippen molar-refractivity contribution in [2.24, 2.45) is 5.16 Å². The number of rotatable bonds is 4. The second-order valence-electron chi connectivity index (χ2n) is 4.33. The molecule has 0 amide bonds. The maximum atomic E-state index is 5.22. The van der Waals surface area contributed by atoms with Gasteiger partial charge in [-0.2, -0.15) is 0 Å². The van der Waals surface area contributed by atoms with Gasteiger partial charge in [0.05, 0.1) is 0 Å².